The van der Waals surface area contributed by atoms with Crippen LogP contribution in [0.5, 0.6) is 5.88 Å². The van der Waals surface area contributed by atoms with E-state index in [9.17, 15) is 0 Å². The zero-order valence-electron chi connectivity index (χ0n) is 11.5. The lowest BCUT2D eigenvalue weighted by Crippen LogP contribution is -2.02. The molecule has 0 spiro atoms. The molecule has 0 bridgehead atoms. The van der Waals surface area contributed by atoms with Crippen molar-refractivity contribution < 1.29 is 4.74 Å². The van der Waals surface area contributed by atoms with Crippen LogP contribution in [0.15, 0.2) is 53.0 Å². The molecular formula is C16H14BrN3O. The second kappa shape index (κ2) is 6.10. The molecule has 5 heteroatoms. The van der Waals surface area contributed by atoms with Gasteiger partial charge in [0.15, 0.2) is 0 Å². The van der Waals surface area contributed by atoms with Gasteiger partial charge >= 0.3 is 0 Å². The molecule has 0 atom stereocenters. The van der Waals surface area contributed by atoms with Gasteiger partial charge < -0.3 is 10.1 Å². The van der Waals surface area contributed by atoms with Gasteiger partial charge in [-0.25, -0.2) is 4.98 Å². The summed E-state index contributed by atoms with van der Waals surface area (Å²) < 4.78 is 6.93. The highest BCUT2D eigenvalue weighted by molar-refractivity contribution is 9.10. The summed E-state index contributed by atoms with van der Waals surface area (Å²) in [5.41, 5.74) is 1.95. The summed E-state index contributed by atoms with van der Waals surface area (Å²) >= 11 is 3.42. The lowest BCUT2D eigenvalue weighted by Gasteiger charge is -2.10. The van der Waals surface area contributed by atoms with Crippen molar-refractivity contribution in [2.75, 3.05) is 12.4 Å². The number of anilines is 1. The second-order valence-electron chi connectivity index (χ2n) is 4.53. The van der Waals surface area contributed by atoms with E-state index in [-0.39, 0.29) is 0 Å². The molecule has 0 radical (unpaired) electrons. The number of aromatic nitrogens is 2. The molecule has 4 nitrogen and oxygen atoms in total. The number of para-hydroxylation sites is 1. The summed E-state index contributed by atoms with van der Waals surface area (Å²) in [7, 11) is 1.79. The Morgan fingerprint density at radius 3 is 2.57 bits per heavy atom. The Hall–Kier alpha value is -2.14. The van der Waals surface area contributed by atoms with Gasteiger partial charge in [-0.2, -0.15) is 4.98 Å². The molecule has 0 amide bonds. The van der Waals surface area contributed by atoms with Crippen molar-refractivity contribution in [1.29, 1.82) is 0 Å². The van der Waals surface area contributed by atoms with E-state index in [4.69, 9.17) is 4.74 Å². The average Bonchev–Trinajstić information content (AvgIpc) is 2.53. The van der Waals surface area contributed by atoms with Gasteiger partial charge in [-0.3, -0.25) is 0 Å². The van der Waals surface area contributed by atoms with Crippen molar-refractivity contribution >= 4 is 32.8 Å². The zero-order chi connectivity index (χ0) is 14.7. The minimum atomic E-state index is 0.470. The molecule has 0 saturated carbocycles. The molecule has 1 N–H and O–H groups in total. The van der Waals surface area contributed by atoms with Crippen LogP contribution in [0.3, 0.4) is 0 Å². The molecule has 0 aliphatic heterocycles. The predicted octanol–water partition coefficient (Wildman–Crippen LogP) is 4.01. The van der Waals surface area contributed by atoms with Crippen LogP contribution in [0, 0.1) is 0 Å². The molecule has 0 fully saturated rings. The topological polar surface area (TPSA) is 47.0 Å². The number of rotatable bonds is 4. The van der Waals surface area contributed by atoms with E-state index in [1.165, 1.54) is 0 Å². The van der Waals surface area contributed by atoms with Crippen LogP contribution < -0.4 is 10.1 Å². The number of ether oxygens (including phenoxy) is 1. The number of hydrogen-bond acceptors (Lipinski definition) is 4. The molecule has 1 heterocycles. The first-order valence-electron chi connectivity index (χ1n) is 6.58. The maximum atomic E-state index is 5.88. The summed E-state index contributed by atoms with van der Waals surface area (Å²) in [5.74, 6) is 1.15. The molecule has 2 aromatic carbocycles. The molecule has 0 unspecified atom stereocenters. The summed E-state index contributed by atoms with van der Waals surface area (Å²) in [6.07, 6.45) is 0. The highest BCUT2D eigenvalue weighted by atomic mass is 79.9. The van der Waals surface area contributed by atoms with Crippen LogP contribution in [0.1, 0.15) is 5.56 Å². The first-order chi connectivity index (χ1) is 10.3. The predicted molar refractivity (Wildman–Crippen MR) is 87.6 cm³/mol. The van der Waals surface area contributed by atoms with Crippen molar-refractivity contribution in [3.63, 3.8) is 0 Å². The Morgan fingerprint density at radius 1 is 1.05 bits per heavy atom. The van der Waals surface area contributed by atoms with E-state index in [0.717, 1.165) is 20.9 Å². The lowest BCUT2D eigenvalue weighted by molar-refractivity contribution is 0.298. The van der Waals surface area contributed by atoms with Crippen molar-refractivity contribution in [2.45, 2.75) is 6.61 Å². The third-order valence-corrected chi connectivity index (χ3v) is 3.61. The number of nitrogens with zero attached hydrogens (tertiary/aromatic N) is 2. The average molecular weight is 344 g/mol. The van der Waals surface area contributed by atoms with Gasteiger partial charge in [-0.1, -0.05) is 40.2 Å². The number of nitrogens with one attached hydrogen (secondary N) is 1. The Labute approximate surface area is 131 Å². The van der Waals surface area contributed by atoms with Gasteiger partial charge in [0.05, 0.1) is 10.9 Å². The monoisotopic (exact) mass is 343 g/mol. The normalized spacial score (nSPS) is 10.6. The smallest absolute Gasteiger partial charge is 0.226 e. The van der Waals surface area contributed by atoms with Gasteiger partial charge in [0.25, 0.3) is 0 Å². The van der Waals surface area contributed by atoms with Crippen LogP contribution in [-0.4, -0.2) is 17.0 Å². The Morgan fingerprint density at radius 2 is 1.81 bits per heavy atom. The molecule has 0 aliphatic rings. The molecular weight excluding hydrogens is 330 g/mol. The van der Waals surface area contributed by atoms with E-state index in [1.807, 2.05) is 48.5 Å². The maximum Gasteiger partial charge on any atom is 0.226 e. The third-order valence-electron chi connectivity index (χ3n) is 3.08. The molecule has 106 valence electrons. The SMILES string of the molecule is CNc1nc(OCc2ccc(Br)cc2)c2ccccc2n1. The number of fused-ring (bicyclic) bond motifs is 1. The van der Waals surface area contributed by atoms with Gasteiger partial charge in [-0.05, 0) is 29.8 Å². The molecule has 1 aromatic heterocycles. The lowest BCUT2D eigenvalue weighted by atomic mass is 10.2. The molecule has 3 aromatic rings. The first-order valence-corrected chi connectivity index (χ1v) is 7.37. The van der Waals surface area contributed by atoms with Crippen LogP contribution in [0.25, 0.3) is 10.9 Å². The van der Waals surface area contributed by atoms with E-state index in [0.29, 0.717) is 18.4 Å². The fourth-order valence-electron chi connectivity index (χ4n) is 2.00. The zero-order valence-corrected chi connectivity index (χ0v) is 13.1. The van der Waals surface area contributed by atoms with Crippen molar-refractivity contribution in [2.24, 2.45) is 0 Å². The van der Waals surface area contributed by atoms with Crippen molar-refractivity contribution in [3.8, 4) is 5.88 Å². The van der Waals surface area contributed by atoms with E-state index < -0.39 is 0 Å². The molecule has 21 heavy (non-hydrogen) atoms. The fourth-order valence-corrected chi connectivity index (χ4v) is 2.27. The van der Waals surface area contributed by atoms with Crippen LogP contribution >= 0.6 is 15.9 Å². The van der Waals surface area contributed by atoms with Crippen molar-refractivity contribution in [3.05, 3.63) is 58.6 Å². The van der Waals surface area contributed by atoms with Gasteiger partial charge in [0, 0.05) is 11.5 Å². The highest BCUT2D eigenvalue weighted by Crippen LogP contribution is 2.24. The second-order valence-corrected chi connectivity index (χ2v) is 5.45. The molecule has 3 rings (SSSR count). The Bertz CT molecular complexity index is 759. The quantitative estimate of drug-likeness (QED) is 0.777. The minimum absolute atomic E-state index is 0.470. The summed E-state index contributed by atoms with van der Waals surface area (Å²) in [6.45, 7) is 0.470. The van der Waals surface area contributed by atoms with Crippen LogP contribution in [0.4, 0.5) is 5.95 Å². The van der Waals surface area contributed by atoms with E-state index in [2.05, 4.69) is 31.2 Å². The summed E-state index contributed by atoms with van der Waals surface area (Å²) in [5, 5.41) is 3.87. The van der Waals surface area contributed by atoms with E-state index >= 15 is 0 Å². The van der Waals surface area contributed by atoms with E-state index in [1.54, 1.807) is 7.05 Å². The molecule has 0 aliphatic carbocycles. The van der Waals surface area contributed by atoms with Crippen molar-refractivity contribution in [1.82, 2.24) is 9.97 Å². The number of halogens is 1. The number of benzene rings is 2. The fraction of sp³-hybridized carbons (Fsp3) is 0.125. The highest BCUT2D eigenvalue weighted by Gasteiger charge is 2.08. The first kappa shape index (κ1) is 13.8. The van der Waals surface area contributed by atoms with Gasteiger partial charge in [0.2, 0.25) is 11.8 Å². The minimum Gasteiger partial charge on any atom is -0.472 e. The Balaban J connectivity index is 1.90. The Kier molecular flexibility index (Phi) is 4.01. The third kappa shape index (κ3) is 3.13. The molecule has 0 saturated heterocycles. The van der Waals surface area contributed by atoms with Gasteiger partial charge in [-0.15, -0.1) is 0 Å². The van der Waals surface area contributed by atoms with Crippen LogP contribution in [-0.2, 0) is 6.61 Å². The summed E-state index contributed by atoms with van der Waals surface area (Å²) in [6, 6.07) is 15.9. The maximum absolute atomic E-state index is 5.88. The largest absolute Gasteiger partial charge is 0.472 e. The van der Waals surface area contributed by atoms with Gasteiger partial charge in [0.1, 0.15) is 6.61 Å². The number of hydrogen-bond donors (Lipinski definition) is 1. The summed E-state index contributed by atoms with van der Waals surface area (Å²) in [4.78, 5) is 8.81. The van der Waals surface area contributed by atoms with Crippen LogP contribution in [0.2, 0.25) is 0 Å². The standard InChI is InChI=1S/C16H14BrN3O/c1-18-16-19-14-5-3-2-4-13(14)15(20-16)21-10-11-6-8-12(17)9-7-11/h2-9H,10H2,1H3,(H,18,19,20).